The van der Waals surface area contributed by atoms with Crippen LogP contribution in [0.2, 0.25) is 0 Å². The number of carboxylic acids is 1. The van der Waals surface area contributed by atoms with E-state index in [4.69, 9.17) is 5.11 Å². The Morgan fingerprint density at radius 2 is 1.88 bits per heavy atom. The number of carbonyl (C=O) groups is 1. The largest absolute Gasteiger partial charge is 0.481 e. The van der Waals surface area contributed by atoms with E-state index in [0.717, 1.165) is 25.2 Å². The topological polar surface area (TPSA) is 52.6 Å². The SMILES string of the molecule is CNCCN(C)Cc1ccc(CC(=O)O)cc1. The number of rotatable bonds is 7. The molecule has 0 atom stereocenters. The Balaban J connectivity index is 2.47. The number of hydrogen-bond donors (Lipinski definition) is 2. The summed E-state index contributed by atoms with van der Waals surface area (Å²) in [6, 6.07) is 7.76. The summed E-state index contributed by atoms with van der Waals surface area (Å²) in [4.78, 5) is 12.8. The molecular weight excluding hydrogens is 216 g/mol. The Kier molecular flexibility index (Phi) is 5.66. The van der Waals surface area contributed by atoms with Gasteiger partial charge < -0.3 is 15.3 Å². The van der Waals surface area contributed by atoms with Crippen LogP contribution in [0.15, 0.2) is 24.3 Å². The van der Waals surface area contributed by atoms with Crippen LogP contribution in [0.3, 0.4) is 0 Å². The van der Waals surface area contributed by atoms with Gasteiger partial charge in [0.15, 0.2) is 0 Å². The molecule has 0 aromatic heterocycles. The van der Waals surface area contributed by atoms with Crippen LogP contribution in [0.4, 0.5) is 0 Å². The third kappa shape index (κ3) is 5.47. The van der Waals surface area contributed by atoms with E-state index in [0.29, 0.717) is 0 Å². The average Bonchev–Trinajstić information content (AvgIpc) is 2.28. The lowest BCUT2D eigenvalue weighted by atomic mass is 10.1. The molecule has 1 aromatic carbocycles. The van der Waals surface area contributed by atoms with E-state index in [1.54, 1.807) is 0 Å². The first-order valence-electron chi connectivity index (χ1n) is 5.74. The van der Waals surface area contributed by atoms with Gasteiger partial charge in [-0.2, -0.15) is 0 Å². The van der Waals surface area contributed by atoms with Crippen molar-refractivity contribution in [3.05, 3.63) is 35.4 Å². The highest BCUT2D eigenvalue weighted by Gasteiger charge is 2.02. The monoisotopic (exact) mass is 236 g/mol. The summed E-state index contributed by atoms with van der Waals surface area (Å²) in [5.74, 6) is -0.788. The minimum Gasteiger partial charge on any atom is -0.481 e. The maximum atomic E-state index is 10.5. The molecule has 2 N–H and O–H groups in total. The first-order valence-corrected chi connectivity index (χ1v) is 5.74. The molecular formula is C13H20N2O2. The number of nitrogens with zero attached hydrogens (tertiary/aromatic N) is 1. The summed E-state index contributed by atoms with van der Waals surface area (Å²) < 4.78 is 0. The molecule has 0 heterocycles. The molecule has 4 heteroatoms. The van der Waals surface area contributed by atoms with E-state index in [1.807, 2.05) is 31.3 Å². The van der Waals surface area contributed by atoms with Crippen molar-refractivity contribution in [2.24, 2.45) is 0 Å². The van der Waals surface area contributed by atoms with Crippen molar-refractivity contribution < 1.29 is 9.90 Å². The van der Waals surface area contributed by atoms with Crippen molar-refractivity contribution >= 4 is 5.97 Å². The molecule has 0 aliphatic heterocycles. The second-order valence-corrected chi connectivity index (χ2v) is 4.23. The fourth-order valence-corrected chi connectivity index (χ4v) is 1.63. The second kappa shape index (κ2) is 7.04. The van der Waals surface area contributed by atoms with Crippen LogP contribution < -0.4 is 5.32 Å². The number of hydrogen-bond acceptors (Lipinski definition) is 3. The zero-order valence-corrected chi connectivity index (χ0v) is 10.4. The van der Waals surface area contributed by atoms with Crippen LogP contribution in [-0.2, 0) is 17.8 Å². The van der Waals surface area contributed by atoms with Crippen molar-refractivity contribution in [3.8, 4) is 0 Å². The quantitative estimate of drug-likeness (QED) is 0.740. The Morgan fingerprint density at radius 3 is 2.41 bits per heavy atom. The zero-order chi connectivity index (χ0) is 12.7. The maximum absolute atomic E-state index is 10.5. The number of nitrogens with one attached hydrogen (secondary N) is 1. The average molecular weight is 236 g/mol. The molecule has 0 bridgehead atoms. The summed E-state index contributed by atoms with van der Waals surface area (Å²) in [6.07, 6.45) is 0.0931. The van der Waals surface area contributed by atoms with Gasteiger partial charge in [0.2, 0.25) is 0 Å². The van der Waals surface area contributed by atoms with Gasteiger partial charge in [0.25, 0.3) is 0 Å². The molecule has 0 aliphatic carbocycles. The van der Waals surface area contributed by atoms with E-state index >= 15 is 0 Å². The van der Waals surface area contributed by atoms with E-state index in [1.165, 1.54) is 5.56 Å². The predicted molar refractivity (Wildman–Crippen MR) is 68.0 cm³/mol. The summed E-state index contributed by atoms with van der Waals surface area (Å²) in [6.45, 7) is 2.84. The minimum atomic E-state index is -0.788. The minimum absolute atomic E-state index is 0.0931. The summed E-state index contributed by atoms with van der Waals surface area (Å²) >= 11 is 0. The van der Waals surface area contributed by atoms with Gasteiger partial charge in [0.05, 0.1) is 6.42 Å². The number of aliphatic carboxylic acids is 1. The van der Waals surface area contributed by atoms with E-state index in [9.17, 15) is 4.79 Å². The van der Waals surface area contributed by atoms with Crippen LogP contribution in [0.1, 0.15) is 11.1 Å². The molecule has 0 saturated heterocycles. The van der Waals surface area contributed by atoms with E-state index in [-0.39, 0.29) is 6.42 Å². The van der Waals surface area contributed by atoms with Crippen LogP contribution in [0, 0.1) is 0 Å². The highest BCUT2D eigenvalue weighted by molar-refractivity contribution is 5.70. The molecule has 0 aliphatic rings. The summed E-state index contributed by atoms with van der Waals surface area (Å²) in [7, 11) is 4.01. The zero-order valence-electron chi connectivity index (χ0n) is 10.4. The molecule has 0 fully saturated rings. The third-order valence-electron chi connectivity index (χ3n) is 2.57. The van der Waals surface area contributed by atoms with Gasteiger partial charge in [0, 0.05) is 19.6 Å². The summed E-state index contributed by atoms with van der Waals surface area (Å²) in [5.41, 5.74) is 2.05. The third-order valence-corrected chi connectivity index (χ3v) is 2.57. The van der Waals surface area contributed by atoms with Crippen molar-refractivity contribution in [1.29, 1.82) is 0 Å². The molecule has 0 spiro atoms. The van der Waals surface area contributed by atoms with Crippen LogP contribution in [0.25, 0.3) is 0 Å². The van der Waals surface area contributed by atoms with Crippen LogP contribution >= 0.6 is 0 Å². The fraction of sp³-hybridized carbons (Fsp3) is 0.462. The molecule has 1 rings (SSSR count). The standard InChI is InChI=1S/C13H20N2O2/c1-14-7-8-15(2)10-12-5-3-11(4-6-12)9-13(16)17/h3-6,14H,7-10H2,1-2H3,(H,16,17). The first kappa shape index (κ1) is 13.7. The fourth-order valence-electron chi connectivity index (χ4n) is 1.63. The summed E-state index contributed by atoms with van der Waals surface area (Å²) in [5, 5.41) is 11.8. The number of carboxylic acid groups (broad SMARTS) is 1. The van der Waals surface area contributed by atoms with Crippen molar-refractivity contribution in [2.75, 3.05) is 27.2 Å². The Hall–Kier alpha value is -1.39. The molecule has 0 saturated carbocycles. The van der Waals surface area contributed by atoms with E-state index in [2.05, 4.69) is 17.3 Å². The smallest absolute Gasteiger partial charge is 0.307 e. The maximum Gasteiger partial charge on any atom is 0.307 e. The molecule has 17 heavy (non-hydrogen) atoms. The van der Waals surface area contributed by atoms with Crippen molar-refractivity contribution in [1.82, 2.24) is 10.2 Å². The van der Waals surface area contributed by atoms with Crippen molar-refractivity contribution in [2.45, 2.75) is 13.0 Å². The number of benzene rings is 1. The Morgan fingerprint density at radius 1 is 1.29 bits per heavy atom. The predicted octanol–water partition coefficient (Wildman–Crippen LogP) is 0.965. The van der Waals surface area contributed by atoms with Gasteiger partial charge in [-0.1, -0.05) is 24.3 Å². The lowest BCUT2D eigenvalue weighted by molar-refractivity contribution is -0.136. The van der Waals surface area contributed by atoms with Gasteiger partial charge in [-0.05, 0) is 25.2 Å². The van der Waals surface area contributed by atoms with Crippen molar-refractivity contribution in [3.63, 3.8) is 0 Å². The molecule has 0 unspecified atom stereocenters. The lowest BCUT2D eigenvalue weighted by Gasteiger charge is -2.16. The lowest BCUT2D eigenvalue weighted by Crippen LogP contribution is -2.26. The van der Waals surface area contributed by atoms with Gasteiger partial charge in [0.1, 0.15) is 0 Å². The normalized spacial score (nSPS) is 10.8. The highest BCUT2D eigenvalue weighted by atomic mass is 16.4. The number of likely N-dealkylation sites (N-methyl/N-ethyl adjacent to an activating group) is 2. The molecule has 0 amide bonds. The molecule has 4 nitrogen and oxygen atoms in total. The van der Waals surface area contributed by atoms with Gasteiger partial charge in [-0.15, -0.1) is 0 Å². The van der Waals surface area contributed by atoms with Crippen LogP contribution in [-0.4, -0.2) is 43.2 Å². The Bertz CT molecular complexity index is 349. The first-order chi connectivity index (χ1) is 8.11. The molecule has 94 valence electrons. The second-order valence-electron chi connectivity index (χ2n) is 4.23. The molecule has 0 radical (unpaired) electrons. The van der Waals surface area contributed by atoms with Gasteiger partial charge >= 0.3 is 5.97 Å². The van der Waals surface area contributed by atoms with Gasteiger partial charge in [-0.3, -0.25) is 4.79 Å². The van der Waals surface area contributed by atoms with Gasteiger partial charge in [-0.25, -0.2) is 0 Å². The van der Waals surface area contributed by atoms with Crippen LogP contribution in [0.5, 0.6) is 0 Å². The highest BCUT2D eigenvalue weighted by Crippen LogP contribution is 2.07. The Labute approximate surface area is 102 Å². The molecule has 1 aromatic rings. The van der Waals surface area contributed by atoms with E-state index < -0.39 is 5.97 Å².